The van der Waals surface area contributed by atoms with Gasteiger partial charge in [-0.25, -0.2) is 0 Å². The maximum absolute atomic E-state index is 13.9. The lowest BCUT2D eigenvalue weighted by Gasteiger charge is -2.43. The third-order valence-electron chi connectivity index (χ3n) is 5.80. The van der Waals surface area contributed by atoms with E-state index >= 15 is 0 Å². The summed E-state index contributed by atoms with van der Waals surface area (Å²) in [6.45, 7) is 2.53. The third-order valence-corrected chi connectivity index (χ3v) is 5.80. The molecule has 37 heavy (non-hydrogen) atoms. The van der Waals surface area contributed by atoms with Crippen LogP contribution in [-0.2, 0) is 0 Å². The highest BCUT2D eigenvalue weighted by Gasteiger charge is 2.94. The molecule has 0 unspecified atom stereocenters. The van der Waals surface area contributed by atoms with E-state index in [0.29, 0.717) is 19.8 Å². The Bertz CT molecular complexity index is 699. The number of alkyl halides is 16. The summed E-state index contributed by atoms with van der Waals surface area (Å²) < 4.78 is 220. The van der Waals surface area contributed by atoms with Crippen LogP contribution >= 0.6 is 0 Å². The lowest BCUT2D eigenvalue weighted by Crippen LogP contribution is -2.74. The van der Waals surface area contributed by atoms with Gasteiger partial charge in [0.15, 0.2) is 0 Å². The minimum atomic E-state index is -8.33. The smallest absolute Gasteiger partial charge is 0.200 e. The highest BCUT2D eigenvalue weighted by molar-refractivity contribution is 5.15. The zero-order valence-corrected chi connectivity index (χ0v) is 19.8. The van der Waals surface area contributed by atoms with E-state index < -0.39 is 73.1 Å². The van der Waals surface area contributed by atoms with Crippen LogP contribution < -0.4 is 0 Å². The summed E-state index contributed by atoms with van der Waals surface area (Å²) in [5.74, 6) is -60.1. The summed E-state index contributed by atoms with van der Waals surface area (Å²) in [4.78, 5) is 0. The summed E-state index contributed by atoms with van der Waals surface area (Å²) >= 11 is 0. The normalized spacial score (nSPS) is 15.4. The minimum absolute atomic E-state index is 0.128. The van der Waals surface area contributed by atoms with Crippen LogP contribution in [0.5, 0.6) is 0 Å². The van der Waals surface area contributed by atoms with E-state index in [1.54, 1.807) is 0 Å². The van der Waals surface area contributed by atoms with Crippen molar-refractivity contribution in [1.82, 2.24) is 0 Å². The van der Waals surface area contributed by atoms with Crippen molar-refractivity contribution in [3.8, 4) is 0 Å². The SMILES string of the molecule is CCCCCCCCCCC(F)(F)C(F)(F)C(F)(F)C(F)(F)C(F)(F)C(F)(F)C(F)(F)C(F)(F)CCC. The van der Waals surface area contributed by atoms with Gasteiger partial charge in [-0.05, 0) is 6.42 Å². The van der Waals surface area contributed by atoms with Gasteiger partial charge < -0.3 is 0 Å². The lowest BCUT2D eigenvalue weighted by molar-refractivity contribution is -0.453. The Morgan fingerprint density at radius 2 is 0.568 bits per heavy atom. The Balaban J connectivity index is 5.96. The second kappa shape index (κ2) is 12.0. The molecule has 0 amide bonds. The van der Waals surface area contributed by atoms with Crippen molar-refractivity contribution in [2.75, 3.05) is 0 Å². The molecule has 0 aromatic carbocycles. The van der Waals surface area contributed by atoms with E-state index in [-0.39, 0.29) is 12.8 Å². The predicted molar refractivity (Wildman–Crippen MR) is 102 cm³/mol. The molecular weight excluding hydrogens is 556 g/mol. The Kier molecular flexibility index (Phi) is 11.6. The maximum atomic E-state index is 13.9. The van der Waals surface area contributed by atoms with Crippen LogP contribution in [0, 0.1) is 0 Å². The first kappa shape index (κ1) is 35.9. The van der Waals surface area contributed by atoms with Crippen molar-refractivity contribution in [2.45, 2.75) is 132 Å². The third kappa shape index (κ3) is 6.38. The number of hydrogen-bond acceptors (Lipinski definition) is 0. The largest absolute Gasteiger partial charge is 0.384 e. The molecule has 224 valence electrons. The fourth-order valence-corrected chi connectivity index (χ4v) is 3.36. The second-order valence-corrected chi connectivity index (χ2v) is 8.83. The summed E-state index contributed by atoms with van der Waals surface area (Å²) in [5.41, 5.74) is 0. The molecule has 0 aliphatic rings. The van der Waals surface area contributed by atoms with Crippen LogP contribution in [0.1, 0.15) is 84.5 Å². The number of halogens is 16. The molecule has 0 rings (SSSR count). The van der Waals surface area contributed by atoms with E-state index in [1.165, 1.54) is 0 Å². The molecule has 0 nitrogen and oxygen atoms in total. The molecular formula is C21H28F16. The quantitative estimate of drug-likeness (QED) is 0.111. The van der Waals surface area contributed by atoms with Crippen molar-refractivity contribution in [2.24, 2.45) is 0 Å². The standard InChI is InChI=1S/C21H28F16/c1-3-5-6-7-8-9-10-11-13-15(24,25)17(28,29)19(32,33)21(36,37)20(34,35)18(30,31)16(26,27)14(22,23)12-4-2/h3-13H2,1-2H3. The van der Waals surface area contributed by atoms with Crippen LogP contribution in [0.25, 0.3) is 0 Å². The average molecular weight is 584 g/mol. The molecule has 0 spiro atoms. The summed E-state index contributed by atoms with van der Waals surface area (Å²) in [6, 6.07) is 0. The molecule has 0 radical (unpaired) electrons. The Labute approximate surface area is 203 Å². The summed E-state index contributed by atoms with van der Waals surface area (Å²) in [5, 5.41) is 0. The van der Waals surface area contributed by atoms with Gasteiger partial charge in [0.25, 0.3) is 0 Å². The fraction of sp³-hybridized carbons (Fsp3) is 1.00. The van der Waals surface area contributed by atoms with E-state index in [0.717, 1.165) is 19.3 Å². The van der Waals surface area contributed by atoms with Gasteiger partial charge in [-0.2, -0.15) is 70.2 Å². The summed E-state index contributed by atoms with van der Waals surface area (Å²) in [7, 11) is 0. The van der Waals surface area contributed by atoms with Crippen LogP contribution in [0.3, 0.4) is 0 Å². The van der Waals surface area contributed by atoms with Crippen LogP contribution in [0.4, 0.5) is 70.2 Å². The molecule has 0 saturated heterocycles. The van der Waals surface area contributed by atoms with E-state index in [9.17, 15) is 70.2 Å². The van der Waals surface area contributed by atoms with Crippen molar-refractivity contribution in [3.63, 3.8) is 0 Å². The number of rotatable bonds is 18. The molecule has 0 aromatic heterocycles. The molecule has 0 aliphatic carbocycles. The van der Waals surface area contributed by atoms with Crippen LogP contribution in [-0.4, -0.2) is 47.4 Å². The first-order valence-corrected chi connectivity index (χ1v) is 11.4. The first-order chi connectivity index (χ1) is 16.4. The monoisotopic (exact) mass is 584 g/mol. The van der Waals surface area contributed by atoms with Gasteiger partial charge in [0.05, 0.1) is 0 Å². The first-order valence-electron chi connectivity index (χ1n) is 11.4. The maximum Gasteiger partial charge on any atom is 0.384 e. The fourth-order valence-electron chi connectivity index (χ4n) is 3.36. The van der Waals surface area contributed by atoms with Crippen molar-refractivity contribution >= 4 is 0 Å². The lowest BCUT2D eigenvalue weighted by atomic mass is 9.86. The van der Waals surface area contributed by atoms with Gasteiger partial charge in [-0.15, -0.1) is 0 Å². The van der Waals surface area contributed by atoms with Crippen molar-refractivity contribution in [3.05, 3.63) is 0 Å². The van der Waals surface area contributed by atoms with Gasteiger partial charge in [0.1, 0.15) is 0 Å². The van der Waals surface area contributed by atoms with Crippen LogP contribution in [0.15, 0.2) is 0 Å². The molecule has 0 N–H and O–H groups in total. The summed E-state index contributed by atoms with van der Waals surface area (Å²) in [6.07, 6.45) is -3.42. The van der Waals surface area contributed by atoms with Crippen molar-refractivity contribution < 1.29 is 70.2 Å². The molecule has 16 heteroatoms. The van der Waals surface area contributed by atoms with E-state index in [1.807, 2.05) is 6.92 Å². The Morgan fingerprint density at radius 1 is 0.297 bits per heavy atom. The molecule has 0 aromatic rings. The topological polar surface area (TPSA) is 0 Å². The average Bonchev–Trinajstić information content (AvgIpc) is 2.74. The molecule has 0 atom stereocenters. The highest BCUT2D eigenvalue weighted by Crippen LogP contribution is 2.64. The molecule has 0 saturated carbocycles. The van der Waals surface area contributed by atoms with Gasteiger partial charge in [-0.3, -0.25) is 0 Å². The molecule has 0 heterocycles. The Hall–Kier alpha value is -1.12. The van der Waals surface area contributed by atoms with Gasteiger partial charge in [-0.1, -0.05) is 65.2 Å². The molecule has 0 fully saturated rings. The van der Waals surface area contributed by atoms with Crippen LogP contribution in [0.2, 0.25) is 0 Å². The van der Waals surface area contributed by atoms with Gasteiger partial charge in [0, 0.05) is 12.8 Å². The zero-order chi connectivity index (χ0) is 29.8. The van der Waals surface area contributed by atoms with E-state index in [4.69, 9.17) is 0 Å². The highest BCUT2D eigenvalue weighted by atomic mass is 19.4. The molecule has 0 aliphatic heterocycles. The van der Waals surface area contributed by atoms with Crippen molar-refractivity contribution in [1.29, 1.82) is 0 Å². The predicted octanol–water partition coefficient (Wildman–Crippen LogP) is 10.4. The van der Waals surface area contributed by atoms with E-state index in [2.05, 4.69) is 0 Å². The number of unbranched alkanes of at least 4 members (excludes halogenated alkanes) is 7. The minimum Gasteiger partial charge on any atom is -0.200 e. The van der Waals surface area contributed by atoms with Gasteiger partial charge >= 0.3 is 47.4 Å². The molecule has 0 bridgehead atoms. The number of hydrogen-bond donors (Lipinski definition) is 0. The second-order valence-electron chi connectivity index (χ2n) is 8.83. The Morgan fingerprint density at radius 3 is 0.892 bits per heavy atom. The zero-order valence-electron chi connectivity index (χ0n) is 19.8. The van der Waals surface area contributed by atoms with Gasteiger partial charge in [0.2, 0.25) is 0 Å².